The molecule has 0 saturated carbocycles. The molecule has 1 aromatic heterocycles. The minimum Gasteiger partial charge on any atom is -0.376 e. The molecule has 0 amide bonds. The van der Waals surface area contributed by atoms with Gasteiger partial charge in [0.2, 0.25) is 0 Å². The smallest absolute Gasteiger partial charge is 0.173 e. The molecule has 4 nitrogen and oxygen atoms in total. The Bertz CT molecular complexity index is 724. The molecule has 132 valence electrons. The van der Waals surface area contributed by atoms with Crippen LogP contribution in [0.2, 0.25) is 10.0 Å². The van der Waals surface area contributed by atoms with E-state index in [1.165, 1.54) is 0 Å². The summed E-state index contributed by atoms with van der Waals surface area (Å²) in [5.74, 6) is 0. The Kier molecular flexibility index (Phi) is 6.48. The molecule has 1 atom stereocenters. The van der Waals surface area contributed by atoms with Crippen molar-refractivity contribution in [3.63, 3.8) is 0 Å². The molecule has 1 aliphatic heterocycles. The fraction of sp³-hybridized carbons (Fsp3) is 0.333. The summed E-state index contributed by atoms with van der Waals surface area (Å²) in [6, 6.07) is 9.26. The fourth-order valence-electron chi connectivity index (χ4n) is 2.75. The van der Waals surface area contributed by atoms with Crippen LogP contribution in [-0.2, 0) is 11.3 Å². The summed E-state index contributed by atoms with van der Waals surface area (Å²) < 4.78 is 5.77. The summed E-state index contributed by atoms with van der Waals surface area (Å²) in [7, 11) is 0. The van der Waals surface area contributed by atoms with Gasteiger partial charge in [-0.05, 0) is 54.9 Å². The Labute approximate surface area is 163 Å². The first-order valence-corrected chi connectivity index (χ1v) is 9.30. The average molecular weight is 396 g/mol. The van der Waals surface area contributed by atoms with E-state index in [1.54, 1.807) is 18.3 Å². The number of halogens is 2. The number of hydrogen-bond acceptors (Lipinski definition) is 3. The predicted molar refractivity (Wildman–Crippen MR) is 106 cm³/mol. The first-order chi connectivity index (χ1) is 12.1. The molecule has 0 radical (unpaired) electrons. The van der Waals surface area contributed by atoms with Gasteiger partial charge in [0.15, 0.2) is 5.11 Å². The number of hydrogen-bond donors (Lipinski definition) is 1. The Morgan fingerprint density at radius 2 is 2.24 bits per heavy atom. The minimum atomic E-state index is 0.192. The zero-order valence-corrected chi connectivity index (χ0v) is 15.9. The number of benzene rings is 1. The molecular weight excluding hydrogens is 377 g/mol. The van der Waals surface area contributed by atoms with E-state index in [9.17, 15) is 0 Å². The summed E-state index contributed by atoms with van der Waals surface area (Å²) in [5.41, 5.74) is 1.83. The Hall–Kier alpha value is -1.40. The molecule has 0 spiro atoms. The number of nitrogens with zero attached hydrogens (tertiary/aromatic N) is 2. The van der Waals surface area contributed by atoms with Crippen LogP contribution in [-0.4, -0.2) is 34.3 Å². The molecule has 25 heavy (non-hydrogen) atoms. The van der Waals surface area contributed by atoms with E-state index in [1.807, 2.05) is 24.4 Å². The third-order valence-corrected chi connectivity index (χ3v) is 4.91. The highest BCUT2D eigenvalue weighted by molar-refractivity contribution is 7.80. The lowest BCUT2D eigenvalue weighted by Gasteiger charge is -2.28. The van der Waals surface area contributed by atoms with Crippen LogP contribution in [0, 0.1) is 0 Å². The lowest BCUT2D eigenvalue weighted by molar-refractivity contribution is 0.0905. The van der Waals surface area contributed by atoms with Crippen LogP contribution in [0.3, 0.4) is 0 Å². The molecule has 1 aliphatic rings. The molecule has 0 aliphatic carbocycles. The molecule has 1 saturated heterocycles. The zero-order chi connectivity index (χ0) is 17.6. The molecule has 1 aromatic carbocycles. The fourth-order valence-corrected chi connectivity index (χ4v) is 3.46. The maximum atomic E-state index is 6.25. The molecular formula is C18H19Cl2N3OS. The van der Waals surface area contributed by atoms with Crippen molar-refractivity contribution in [2.24, 2.45) is 0 Å². The van der Waals surface area contributed by atoms with Gasteiger partial charge in [0.05, 0.1) is 16.8 Å². The second kappa shape index (κ2) is 8.81. The molecule has 2 aromatic rings. The normalized spacial score (nSPS) is 16.6. The Morgan fingerprint density at radius 3 is 2.92 bits per heavy atom. The van der Waals surface area contributed by atoms with Crippen molar-refractivity contribution < 1.29 is 4.74 Å². The van der Waals surface area contributed by atoms with Gasteiger partial charge in [0.1, 0.15) is 0 Å². The van der Waals surface area contributed by atoms with E-state index >= 15 is 0 Å². The van der Waals surface area contributed by atoms with Crippen LogP contribution in [0.5, 0.6) is 0 Å². The average Bonchev–Trinajstić information content (AvgIpc) is 3.11. The molecule has 0 unspecified atom stereocenters. The van der Waals surface area contributed by atoms with E-state index < -0.39 is 0 Å². The monoisotopic (exact) mass is 395 g/mol. The topological polar surface area (TPSA) is 37.4 Å². The van der Waals surface area contributed by atoms with Gasteiger partial charge < -0.3 is 15.0 Å². The summed E-state index contributed by atoms with van der Waals surface area (Å²) in [6.45, 7) is 2.20. The van der Waals surface area contributed by atoms with Crippen LogP contribution >= 0.6 is 35.4 Å². The van der Waals surface area contributed by atoms with Crippen LogP contribution in [0.4, 0.5) is 5.69 Å². The van der Waals surface area contributed by atoms with Crippen LogP contribution in [0.15, 0.2) is 42.7 Å². The van der Waals surface area contributed by atoms with Crippen molar-refractivity contribution in [2.45, 2.75) is 25.5 Å². The van der Waals surface area contributed by atoms with Gasteiger partial charge in [-0.1, -0.05) is 29.3 Å². The number of ether oxygens (including phenoxy) is 1. The van der Waals surface area contributed by atoms with Gasteiger partial charge >= 0.3 is 0 Å². The zero-order valence-electron chi connectivity index (χ0n) is 13.6. The first kappa shape index (κ1) is 18.4. The SMILES string of the molecule is S=C(Nc1ccc(Cl)cc1Cl)N(Cc1cccnc1)C[C@H]1CCCO1. The van der Waals surface area contributed by atoms with Crippen molar-refractivity contribution in [1.29, 1.82) is 0 Å². The maximum absolute atomic E-state index is 6.25. The standard InChI is InChI=1S/C18H19Cl2N3OS/c19-14-5-6-17(16(20)9-14)22-18(25)23(12-15-4-2-8-24-15)11-13-3-1-7-21-10-13/h1,3,5-7,9-10,15H,2,4,8,11-12H2,(H,22,25)/t15-/m1/s1. The lowest BCUT2D eigenvalue weighted by Crippen LogP contribution is -2.39. The molecule has 1 N–H and O–H groups in total. The van der Waals surface area contributed by atoms with Gasteiger partial charge in [-0.25, -0.2) is 0 Å². The molecule has 3 rings (SSSR count). The minimum absolute atomic E-state index is 0.192. The second-order valence-electron chi connectivity index (χ2n) is 5.93. The van der Waals surface area contributed by atoms with E-state index in [4.69, 9.17) is 40.2 Å². The largest absolute Gasteiger partial charge is 0.376 e. The van der Waals surface area contributed by atoms with Crippen molar-refractivity contribution in [3.8, 4) is 0 Å². The third kappa shape index (κ3) is 5.28. The van der Waals surface area contributed by atoms with Crippen LogP contribution in [0.1, 0.15) is 18.4 Å². The molecule has 2 heterocycles. The highest BCUT2D eigenvalue weighted by Gasteiger charge is 2.21. The summed E-state index contributed by atoms with van der Waals surface area (Å²) in [6.07, 6.45) is 5.94. The highest BCUT2D eigenvalue weighted by Crippen LogP contribution is 2.26. The van der Waals surface area contributed by atoms with Crippen molar-refractivity contribution in [1.82, 2.24) is 9.88 Å². The number of thiocarbonyl (C=S) groups is 1. The second-order valence-corrected chi connectivity index (χ2v) is 7.16. The first-order valence-electron chi connectivity index (χ1n) is 8.13. The maximum Gasteiger partial charge on any atom is 0.173 e. The predicted octanol–water partition coefficient (Wildman–Crippen LogP) is 4.77. The van der Waals surface area contributed by atoms with Crippen molar-refractivity contribution in [2.75, 3.05) is 18.5 Å². The number of rotatable bonds is 5. The van der Waals surface area contributed by atoms with E-state index in [-0.39, 0.29) is 6.10 Å². The van der Waals surface area contributed by atoms with Gasteiger partial charge in [-0.3, -0.25) is 4.98 Å². The Balaban J connectivity index is 1.73. The van der Waals surface area contributed by atoms with Crippen molar-refractivity contribution >= 4 is 46.2 Å². The van der Waals surface area contributed by atoms with E-state index in [0.29, 0.717) is 21.7 Å². The summed E-state index contributed by atoms with van der Waals surface area (Å²) in [5, 5.41) is 4.95. The van der Waals surface area contributed by atoms with E-state index in [2.05, 4.69) is 15.2 Å². The Morgan fingerprint density at radius 1 is 1.36 bits per heavy atom. The third-order valence-electron chi connectivity index (χ3n) is 4.00. The van der Waals surface area contributed by atoms with Gasteiger partial charge in [-0.15, -0.1) is 0 Å². The number of pyridine rings is 1. The van der Waals surface area contributed by atoms with Gasteiger partial charge in [0, 0.05) is 37.1 Å². The summed E-state index contributed by atoms with van der Waals surface area (Å²) >= 11 is 17.8. The van der Waals surface area contributed by atoms with Gasteiger partial charge in [-0.2, -0.15) is 0 Å². The molecule has 1 fully saturated rings. The summed E-state index contributed by atoms with van der Waals surface area (Å²) in [4.78, 5) is 6.27. The van der Waals surface area contributed by atoms with Crippen molar-refractivity contribution in [3.05, 3.63) is 58.3 Å². The number of anilines is 1. The number of aromatic nitrogens is 1. The number of nitrogens with one attached hydrogen (secondary N) is 1. The quantitative estimate of drug-likeness (QED) is 0.738. The van der Waals surface area contributed by atoms with Crippen LogP contribution < -0.4 is 5.32 Å². The molecule has 0 bridgehead atoms. The highest BCUT2D eigenvalue weighted by atomic mass is 35.5. The lowest BCUT2D eigenvalue weighted by atomic mass is 10.2. The van der Waals surface area contributed by atoms with E-state index in [0.717, 1.165) is 37.2 Å². The van der Waals surface area contributed by atoms with Crippen LogP contribution in [0.25, 0.3) is 0 Å². The molecule has 7 heteroatoms. The van der Waals surface area contributed by atoms with Gasteiger partial charge in [0.25, 0.3) is 0 Å².